The minimum absolute atomic E-state index is 0.0107. The van der Waals surface area contributed by atoms with Crippen LogP contribution in [-0.4, -0.2) is 42.7 Å². The third-order valence-corrected chi connectivity index (χ3v) is 5.61. The summed E-state index contributed by atoms with van der Waals surface area (Å²) in [6.45, 7) is 8.55. The summed E-state index contributed by atoms with van der Waals surface area (Å²) in [6.07, 6.45) is 4.29. The zero-order valence-corrected chi connectivity index (χ0v) is 19.7. The van der Waals surface area contributed by atoms with Gasteiger partial charge in [0, 0.05) is 35.2 Å². The van der Waals surface area contributed by atoms with Gasteiger partial charge < -0.3 is 9.47 Å². The molecule has 0 amide bonds. The Morgan fingerprint density at radius 1 is 1.13 bits per heavy atom. The first kappa shape index (κ1) is 23.8. The predicted octanol–water partition coefficient (Wildman–Crippen LogP) is 6.27. The van der Waals surface area contributed by atoms with Gasteiger partial charge in [-0.05, 0) is 44.0 Å². The highest BCUT2D eigenvalue weighted by atomic mass is 35.5. The number of hydrogen-bond acceptors (Lipinski definition) is 4. The van der Waals surface area contributed by atoms with E-state index in [-0.39, 0.29) is 12.1 Å². The molecule has 0 saturated carbocycles. The summed E-state index contributed by atoms with van der Waals surface area (Å²) in [6, 6.07) is 13.7. The van der Waals surface area contributed by atoms with Crippen LogP contribution in [0.15, 0.2) is 42.5 Å². The van der Waals surface area contributed by atoms with E-state index in [2.05, 4.69) is 29.2 Å². The maximum atomic E-state index is 12.0. The maximum Gasteiger partial charge on any atom is 0.307 e. The summed E-state index contributed by atoms with van der Waals surface area (Å²) >= 11 is 12.5. The fourth-order valence-corrected chi connectivity index (χ4v) is 3.94. The van der Waals surface area contributed by atoms with Gasteiger partial charge in [0.2, 0.25) is 0 Å². The van der Waals surface area contributed by atoms with E-state index in [0.29, 0.717) is 29.6 Å². The van der Waals surface area contributed by atoms with E-state index in [4.69, 9.17) is 32.7 Å². The maximum absolute atomic E-state index is 12.0. The van der Waals surface area contributed by atoms with Crippen molar-refractivity contribution in [1.29, 1.82) is 0 Å². The smallest absolute Gasteiger partial charge is 0.307 e. The average Bonchev–Trinajstić information content (AvgIpc) is 2.71. The summed E-state index contributed by atoms with van der Waals surface area (Å²) in [5.41, 5.74) is 2.54. The van der Waals surface area contributed by atoms with Crippen LogP contribution in [-0.2, 0) is 14.3 Å². The second-order valence-electron chi connectivity index (χ2n) is 8.63. The van der Waals surface area contributed by atoms with Crippen LogP contribution in [0.4, 0.5) is 0 Å². The van der Waals surface area contributed by atoms with Crippen LogP contribution in [0.5, 0.6) is 0 Å². The number of benzene rings is 2. The van der Waals surface area contributed by atoms with Crippen molar-refractivity contribution in [2.24, 2.45) is 0 Å². The van der Waals surface area contributed by atoms with E-state index in [0.717, 1.165) is 29.8 Å². The summed E-state index contributed by atoms with van der Waals surface area (Å²) < 4.78 is 11.4. The minimum atomic E-state index is -0.446. The number of carbonyl (C=O) groups excluding carboxylic acids is 1. The Morgan fingerprint density at radius 3 is 2.45 bits per heavy atom. The van der Waals surface area contributed by atoms with Crippen LogP contribution in [0, 0.1) is 0 Å². The molecule has 4 nitrogen and oxygen atoms in total. The summed E-state index contributed by atoms with van der Waals surface area (Å²) in [5.74, 6) is -0.162. The molecule has 2 aromatic rings. The van der Waals surface area contributed by atoms with Crippen molar-refractivity contribution < 1.29 is 14.3 Å². The lowest BCUT2D eigenvalue weighted by molar-refractivity contribution is -0.155. The molecule has 0 N–H and O–H groups in total. The molecule has 0 bridgehead atoms. The molecular weight excluding hydrogens is 433 g/mol. The molecule has 1 aliphatic rings. The van der Waals surface area contributed by atoms with Crippen molar-refractivity contribution in [2.75, 3.05) is 26.2 Å². The number of hydrogen-bond donors (Lipinski definition) is 0. The zero-order valence-electron chi connectivity index (χ0n) is 18.2. The number of ether oxygens (including phenoxy) is 2. The van der Waals surface area contributed by atoms with Gasteiger partial charge in [-0.3, -0.25) is 9.69 Å². The van der Waals surface area contributed by atoms with Crippen LogP contribution >= 0.6 is 23.2 Å². The van der Waals surface area contributed by atoms with Crippen LogP contribution in [0.2, 0.25) is 10.0 Å². The highest BCUT2D eigenvalue weighted by molar-refractivity contribution is 6.37. The quantitative estimate of drug-likeness (QED) is 0.375. The molecule has 0 aliphatic carbocycles. The van der Waals surface area contributed by atoms with E-state index in [1.54, 1.807) is 0 Å². The molecule has 166 valence electrons. The Hall–Kier alpha value is -1.85. The van der Waals surface area contributed by atoms with Gasteiger partial charge in [-0.15, -0.1) is 0 Å². The lowest BCUT2D eigenvalue weighted by Crippen LogP contribution is -2.39. The Bertz CT molecular complexity index is 899. The van der Waals surface area contributed by atoms with Crippen molar-refractivity contribution in [3.8, 4) is 0 Å². The molecule has 1 unspecified atom stereocenters. The van der Waals surface area contributed by atoms with E-state index in [1.807, 2.05) is 51.1 Å². The average molecular weight is 462 g/mol. The fourth-order valence-electron chi connectivity index (χ4n) is 3.42. The Morgan fingerprint density at radius 2 is 1.81 bits per heavy atom. The van der Waals surface area contributed by atoms with E-state index in [9.17, 15) is 4.79 Å². The summed E-state index contributed by atoms with van der Waals surface area (Å²) in [7, 11) is 0. The van der Waals surface area contributed by atoms with Gasteiger partial charge in [0.1, 0.15) is 5.60 Å². The van der Waals surface area contributed by atoms with Crippen molar-refractivity contribution in [3.05, 3.63) is 69.2 Å². The third-order valence-electron chi connectivity index (χ3n) is 4.95. The molecule has 1 atom stereocenters. The Labute approximate surface area is 194 Å². The van der Waals surface area contributed by atoms with Gasteiger partial charge in [0.25, 0.3) is 0 Å². The first-order valence-electron chi connectivity index (χ1n) is 10.5. The molecule has 0 aromatic heterocycles. The number of halogens is 2. The van der Waals surface area contributed by atoms with Gasteiger partial charge in [-0.2, -0.15) is 0 Å². The molecular formula is C25H29Cl2NO3. The Balaban J connectivity index is 1.57. The fraction of sp³-hybridized carbons (Fsp3) is 0.400. The van der Waals surface area contributed by atoms with Crippen molar-refractivity contribution in [3.63, 3.8) is 0 Å². The standard InChI is InChI=1S/C25H29Cl2NO3/c1-25(2,3)31-24(29)13-14-28-15-16-30-23(17-28)19-10-7-18(8-11-19)9-12-20-21(26)5-4-6-22(20)27/h4-12,23H,13-17H2,1-3H3. The van der Waals surface area contributed by atoms with E-state index in [1.165, 1.54) is 0 Å². The molecule has 0 spiro atoms. The zero-order chi connectivity index (χ0) is 22.4. The summed E-state index contributed by atoms with van der Waals surface area (Å²) in [4.78, 5) is 14.2. The monoisotopic (exact) mass is 461 g/mol. The molecule has 6 heteroatoms. The van der Waals surface area contributed by atoms with Crippen LogP contribution < -0.4 is 0 Å². The first-order valence-corrected chi connectivity index (χ1v) is 11.2. The van der Waals surface area contributed by atoms with Crippen molar-refractivity contribution in [2.45, 2.75) is 38.9 Å². The lowest BCUT2D eigenvalue weighted by Gasteiger charge is -2.33. The lowest BCUT2D eigenvalue weighted by atomic mass is 10.0. The summed E-state index contributed by atoms with van der Waals surface area (Å²) in [5, 5.41) is 1.25. The first-order chi connectivity index (χ1) is 14.7. The normalized spacial score (nSPS) is 17.8. The molecule has 2 aromatic carbocycles. The van der Waals surface area contributed by atoms with E-state index >= 15 is 0 Å². The molecule has 3 rings (SSSR count). The molecule has 1 fully saturated rings. The van der Waals surface area contributed by atoms with Gasteiger partial charge >= 0.3 is 5.97 Å². The molecule has 0 radical (unpaired) electrons. The number of nitrogens with zero attached hydrogens (tertiary/aromatic N) is 1. The van der Waals surface area contributed by atoms with E-state index < -0.39 is 5.60 Å². The highest BCUT2D eigenvalue weighted by Gasteiger charge is 2.23. The van der Waals surface area contributed by atoms with Crippen LogP contribution in [0.1, 0.15) is 50.0 Å². The molecule has 1 heterocycles. The number of esters is 1. The highest BCUT2D eigenvalue weighted by Crippen LogP contribution is 2.27. The van der Waals surface area contributed by atoms with Crippen LogP contribution in [0.25, 0.3) is 12.2 Å². The minimum Gasteiger partial charge on any atom is -0.460 e. The SMILES string of the molecule is CC(C)(C)OC(=O)CCN1CCOC(c2ccc(C=Cc3c(Cl)cccc3Cl)cc2)C1. The molecule has 1 aliphatic heterocycles. The van der Waals surface area contributed by atoms with Gasteiger partial charge in [0.05, 0.1) is 19.1 Å². The predicted molar refractivity (Wildman–Crippen MR) is 127 cm³/mol. The topological polar surface area (TPSA) is 38.8 Å². The second kappa shape index (κ2) is 10.6. The second-order valence-corrected chi connectivity index (χ2v) is 9.45. The van der Waals surface area contributed by atoms with Gasteiger partial charge in [0.15, 0.2) is 0 Å². The largest absolute Gasteiger partial charge is 0.460 e. The number of rotatable bonds is 6. The Kier molecular flexibility index (Phi) is 8.17. The third kappa shape index (κ3) is 7.36. The van der Waals surface area contributed by atoms with Crippen LogP contribution in [0.3, 0.4) is 0 Å². The molecule has 31 heavy (non-hydrogen) atoms. The number of carbonyl (C=O) groups is 1. The molecule has 1 saturated heterocycles. The van der Waals surface area contributed by atoms with Crippen molar-refractivity contribution in [1.82, 2.24) is 4.90 Å². The van der Waals surface area contributed by atoms with Gasteiger partial charge in [-0.1, -0.05) is 65.7 Å². The van der Waals surface area contributed by atoms with Gasteiger partial charge in [-0.25, -0.2) is 0 Å². The van der Waals surface area contributed by atoms with Crippen molar-refractivity contribution >= 4 is 41.3 Å². The number of morpholine rings is 1.